The van der Waals surface area contributed by atoms with Gasteiger partial charge in [0.05, 0.1) is 0 Å². The van der Waals surface area contributed by atoms with Crippen LogP contribution in [0.4, 0.5) is 5.69 Å². The molecule has 0 heterocycles. The van der Waals surface area contributed by atoms with E-state index < -0.39 is 0 Å². The maximum Gasteiger partial charge on any atom is 0.160 e. The molecule has 0 aliphatic heterocycles. The van der Waals surface area contributed by atoms with E-state index in [9.17, 15) is 4.79 Å². The molecular formula is C14H20BrNO. The highest BCUT2D eigenvalue weighted by Gasteiger charge is 2.09. The smallest absolute Gasteiger partial charge is 0.160 e. The largest absolute Gasteiger partial charge is 0.372 e. The lowest BCUT2D eigenvalue weighted by molar-refractivity contribution is 0.101. The summed E-state index contributed by atoms with van der Waals surface area (Å²) in [4.78, 5) is 13.7. The van der Waals surface area contributed by atoms with Crippen molar-refractivity contribution in [2.45, 2.75) is 33.6 Å². The summed E-state index contributed by atoms with van der Waals surface area (Å²) in [5, 5.41) is 0. The van der Waals surface area contributed by atoms with Crippen LogP contribution in [0.3, 0.4) is 0 Å². The summed E-state index contributed by atoms with van der Waals surface area (Å²) in [6.07, 6.45) is 2.39. The minimum atomic E-state index is 0.0973. The number of Topliss-reactive ketones (excluding diaryl/α,β-unsaturated/α-hetero) is 1. The van der Waals surface area contributed by atoms with Gasteiger partial charge in [-0.3, -0.25) is 4.79 Å². The molecule has 0 aliphatic rings. The number of anilines is 1. The van der Waals surface area contributed by atoms with E-state index in [1.807, 2.05) is 18.2 Å². The van der Waals surface area contributed by atoms with Crippen LogP contribution >= 0.6 is 15.9 Å². The van der Waals surface area contributed by atoms with E-state index in [2.05, 4.69) is 34.7 Å². The minimum absolute atomic E-state index is 0.0973. The number of benzene rings is 1. The summed E-state index contributed by atoms with van der Waals surface area (Å²) in [5.41, 5.74) is 1.93. The summed E-state index contributed by atoms with van der Waals surface area (Å²) in [5.74, 6) is 0.0973. The Kier molecular flexibility index (Phi) is 5.69. The molecule has 0 spiro atoms. The average molecular weight is 298 g/mol. The van der Waals surface area contributed by atoms with Gasteiger partial charge in [-0.15, -0.1) is 0 Å². The fourth-order valence-corrected chi connectivity index (χ4v) is 2.45. The van der Waals surface area contributed by atoms with Gasteiger partial charge in [0, 0.05) is 28.8 Å². The Morgan fingerprint density at radius 2 is 2.06 bits per heavy atom. The van der Waals surface area contributed by atoms with Gasteiger partial charge in [0.25, 0.3) is 0 Å². The number of ketones is 1. The van der Waals surface area contributed by atoms with E-state index in [4.69, 9.17) is 0 Å². The zero-order chi connectivity index (χ0) is 12.8. The predicted octanol–water partition coefficient (Wildman–Crippen LogP) is 4.28. The van der Waals surface area contributed by atoms with Crippen LogP contribution in [0.5, 0.6) is 0 Å². The standard InChI is InChI=1S/C14H20BrNO/c1-4-6-9-16(5-2)12-7-8-13(11(3)17)14(15)10-12/h7-8,10H,4-6,9H2,1-3H3. The quantitative estimate of drug-likeness (QED) is 0.731. The second-order valence-electron chi connectivity index (χ2n) is 4.15. The van der Waals surface area contributed by atoms with Crippen molar-refractivity contribution in [1.82, 2.24) is 0 Å². The van der Waals surface area contributed by atoms with Gasteiger partial charge in [-0.25, -0.2) is 0 Å². The molecule has 0 aliphatic carbocycles. The molecule has 94 valence electrons. The van der Waals surface area contributed by atoms with Crippen molar-refractivity contribution in [2.24, 2.45) is 0 Å². The van der Waals surface area contributed by atoms with Crippen molar-refractivity contribution in [2.75, 3.05) is 18.0 Å². The topological polar surface area (TPSA) is 20.3 Å². The van der Waals surface area contributed by atoms with Crippen LogP contribution in [-0.2, 0) is 0 Å². The first kappa shape index (κ1) is 14.2. The first-order valence-corrected chi connectivity index (χ1v) is 6.94. The fourth-order valence-electron chi connectivity index (χ4n) is 1.81. The molecule has 0 atom stereocenters. The Hall–Kier alpha value is -0.830. The molecule has 0 aromatic heterocycles. The molecule has 0 amide bonds. The van der Waals surface area contributed by atoms with E-state index in [1.54, 1.807) is 6.92 Å². The summed E-state index contributed by atoms with van der Waals surface area (Å²) in [7, 11) is 0. The molecule has 0 N–H and O–H groups in total. The molecule has 2 nitrogen and oxygen atoms in total. The van der Waals surface area contributed by atoms with Gasteiger partial charge in [0.1, 0.15) is 0 Å². The molecule has 1 rings (SSSR count). The second-order valence-corrected chi connectivity index (χ2v) is 5.01. The minimum Gasteiger partial charge on any atom is -0.372 e. The van der Waals surface area contributed by atoms with Crippen molar-refractivity contribution in [3.05, 3.63) is 28.2 Å². The lowest BCUT2D eigenvalue weighted by Gasteiger charge is -2.23. The normalized spacial score (nSPS) is 10.4. The van der Waals surface area contributed by atoms with Gasteiger partial charge >= 0.3 is 0 Å². The van der Waals surface area contributed by atoms with E-state index in [0.717, 1.165) is 23.1 Å². The molecule has 17 heavy (non-hydrogen) atoms. The molecular weight excluding hydrogens is 278 g/mol. The van der Waals surface area contributed by atoms with Crippen LogP contribution in [0.25, 0.3) is 0 Å². The zero-order valence-electron chi connectivity index (χ0n) is 10.8. The third kappa shape index (κ3) is 3.84. The molecule has 1 aromatic rings. The van der Waals surface area contributed by atoms with Crippen LogP contribution in [0.2, 0.25) is 0 Å². The van der Waals surface area contributed by atoms with Crippen LogP contribution in [0.15, 0.2) is 22.7 Å². The molecule has 0 unspecified atom stereocenters. The van der Waals surface area contributed by atoms with Crippen LogP contribution < -0.4 is 4.90 Å². The number of rotatable bonds is 6. The molecule has 1 aromatic carbocycles. The highest BCUT2D eigenvalue weighted by atomic mass is 79.9. The Morgan fingerprint density at radius 3 is 2.53 bits per heavy atom. The Labute approximate surface area is 112 Å². The van der Waals surface area contributed by atoms with E-state index in [0.29, 0.717) is 0 Å². The van der Waals surface area contributed by atoms with Gasteiger partial charge in [-0.1, -0.05) is 13.3 Å². The summed E-state index contributed by atoms with van der Waals surface area (Å²) >= 11 is 3.47. The SMILES string of the molecule is CCCCN(CC)c1ccc(C(C)=O)c(Br)c1. The van der Waals surface area contributed by atoms with Crippen molar-refractivity contribution in [1.29, 1.82) is 0 Å². The lowest BCUT2D eigenvalue weighted by Crippen LogP contribution is -2.23. The number of halogens is 1. The van der Waals surface area contributed by atoms with Crippen molar-refractivity contribution < 1.29 is 4.79 Å². The maximum atomic E-state index is 11.3. The third-order valence-electron chi connectivity index (χ3n) is 2.86. The summed E-state index contributed by atoms with van der Waals surface area (Å²) in [6, 6.07) is 5.97. The van der Waals surface area contributed by atoms with Crippen molar-refractivity contribution >= 4 is 27.4 Å². The zero-order valence-corrected chi connectivity index (χ0v) is 12.4. The first-order chi connectivity index (χ1) is 8.10. The Balaban J connectivity index is 2.90. The fraction of sp³-hybridized carbons (Fsp3) is 0.500. The van der Waals surface area contributed by atoms with Crippen molar-refractivity contribution in [3.63, 3.8) is 0 Å². The molecule has 3 heteroatoms. The summed E-state index contributed by atoms with van der Waals surface area (Å²) in [6.45, 7) is 8.00. The number of hydrogen-bond donors (Lipinski definition) is 0. The highest BCUT2D eigenvalue weighted by molar-refractivity contribution is 9.10. The Morgan fingerprint density at radius 1 is 1.35 bits per heavy atom. The number of nitrogens with zero attached hydrogens (tertiary/aromatic N) is 1. The third-order valence-corrected chi connectivity index (χ3v) is 3.52. The number of hydrogen-bond acceptors (Lipinski definition) is 2. The second kappa shape index (κ2) is 6.80. The van der Waals surface area contributed by atoms with Gasteiger partial charge in [-0.05, 0) is 54.4 Å². The predicted molar refractivity (Wildman–Crippen MR) is 76.9 cm³/mol. The van der Waals surface area contributed by atoms with Crippen LogP contribution in [0, 0.1) is 0 Å². The number of carbonyl (C=O) groups excluding carboxylic acids is 1. The van der Waals surface area contributed by atoms with Crippen LogP contribution in [0.1, 0.15) is 44.0 Å². The Bertz CT molecular complexity index is 390. The number of unbranched alkanes of at least 4 members (excludes halogenated alkanes) is 1. The van der Waals surface area contributed by atoms with Gasteiger partial charge in [-0.2, -0.15) is 0 Å². The first-order valence-electron chi connectivity index (χ1n) is 6.15. The maximum absolute atomic E-state index is 11.3. The molecule has 0 bridgehead atoms. The summed E-state index contributed by atoms with van der Waals surface area (Å²) < 4.78 is 0.887. The monoisotopic (exact) mass is 297 g/mol. The molecule has 0 fully saturated rings. The molecule has 0 saturated heterocycles. The lowest BCUT2D eigenvalue weighted by atomic mass is 10.1. The van der Waals surface area contributed by atoms with Gasteiger partial charge in [0.2, 0.25) is 0 Å². The van der Waals surface area contributed by atoms with E-state index >= 15 is 0 Å². The molecule has 0 saturated carbocycles. The molecule has 0 radical (unpaired) electrons. The van der Waals surface area contributed by atoms with Crippen LogP contribution in [-0.4, -0.2) is 18.9 Å². The van der Waals surface area contributed by atoms with Gasteiger partial charge in [0.15, 0.2) is 5.78 Å². The van der Waals surface area contributed by atoms with Crippen molar-refractivity contribution in [3.8, 4) is 0 Å². The average Bonchev–Trinajstić information content (AvgIpc) is 2.29. The van der Waals surface area contributed by atoms with E-state index in [-0.39, 0.29) is 5.78 Å². The highest BCUT2D eigenvalue weighted by Crippen LogP contribution is 2.24. The number of carbonyl (C=O) groups is 1. The van der Waals surface area contributed by atoms with E-state index in [1.165, 1.54) is 18.5 Å². The van der Waals surface area contributed by atoms with Gasteiger partial charge < -0.3 is 4.90 Å².